The van der Waals surface area contributed by atoms with Crippen molar-refractivity contribution in [1.29, 1.82) is 0 Å². The summed E-state index contributed by atoms with van der Waals surface area (Å²) >= 11 is 2.03. The van der Waals surface area contributed by atoms with Gasteiger partial charge in [-0.15, -0.1) is 10.2 Å². The van der Waals surface area contributed by atoms with Crippen LogP contribution in [-0.2, 0) is 6.42 Å². The van der Waals surface area contributed by atoms with Crippen LogP contribution in [0, 0.1) is 9.82 Å². The largest absolute Gasteiger partial charge is 0.416 e. The molecular formula is C6H7IN2O. The lowest BCUT2D eigenvalue weighted by Gasteiger charge is -1.85. The van der Waals surface area contributed by atoms with Gasteiger partial charge in [-0.25, -0.2) is 0 Å². The molecule has 0 N–H and O–H groups in total. The highest BCUT2D eigenvalue weighted by atomic mass is 127. The molecule has 0 radical (unpaired) electrons. The number of hydrogen-bond acceptors (Lipinski definition) is 3. The highest BCUT2D eigenvalue weighted by Crippen LogP contribution is 2.32. The maximum atomic E-state index is 5.20. The number of halogens is 1. The van der Waals surface area contributed by atoms with Crippen LogP contribution < -0.4 is 0 Å². The first-order valence-electron chi connectivity index (χ1n) is 3.32. The van der Waals surface area contributed by atoms with Crippen molar-refractivity contribution in [1.82, 2.24) is 10.2 Å². The summed E-state index contributed by atoms with van der Waals surface area (Å²) in [5, 5.41) is 7.64. The third-order valence-electron chi connectivity index (χ3n) is 1.60. The second-order valence-electron chi connectivity index (χ2n) is 2.60. The minimum Gasteiger partial charge on any atom is -0.416 e. The average Bonchev–Trinajstić information content (AvgIpc) is 2.59. The molecule has 0 spiro atoms. The molecule has 1 saturated carbocycles. The third-order valence-corrected chi connectivity index (χ3v) is 2.04. The molecule has 0 bridgehead atoms. The van der Waals surface area contributed by atoms with Gasteiger partial charge in [0.1, 0.15) is 0 Å². The van der Waals surface area contributed by atoms with E-state index in [4.69, 9.17) is 4.42 Å². The second kappa shape index (κ2) is 2.48. The van der Waals surface area contributed by atoms with E-state index in [2.05, 4.69) is 10.2 Å². The SMILES string of the molecule is Ic1nnc(CC2CC2)o1. The highest BCUT2D eigenvalue weighted by molar-refractivity contribution is 14.1. The summed E-state index contributed by atoms with van der Waals surface area (Å²) in [6.45, 7) is 0. The van der Waals surface area contributed by atoms with E-state index in [0.29, 0.717) is 3.90 Å². The van der Waals surface area contributed by atoms with E-state index >= 15 is 0 Å². The van der Waals surface area contributed by atoms with Gasteiger partial charge in [0, 0.05) is 29.0 Å². The van der Waals surface area contributed by atoms with E-state index in [9.17, 15) is 0 Å². The molecule has 1 heterocycles. The number of nitrogens with zero attached hydrogens (tertiary/aromatic N) is 2. The first-order valence-corrected chi connectivity index (χ1v) is 4.40. The Balaban J connectivity index is 2.03. The summed E-state index contributed by atoms with van der Waals surface area (Å²) in [5.74, 6) is 1.63. The van der Waals surface area contributed by atoms with Gasteiger partial charge < -0.3 is 4.42 Å². The van der Waals surface area contributed by atoms with Crippen molar-refractivity contribution >= 4 is 22.6 Å². The zero-order chi connectivity index (χ0) is 6.97. The van der Waals surface area contributed by atoms with Crippen LogP contribution in [-0.4, -0.2) is 10.2 Å². The first-order chi connectivity index (χ1) is 4.84. The fourth-order valence-electron chi connectivity index (χ4n) is 0.885. The van der Waals surface area contributed by atoms with Gasteiger partial charge >= 0.3 is 0 Å². The Labute approximate surface area is 72.3 Å². The van der Waals surface area contributed by atoms with E-state index < -0.39 is 0 Å². The predicted octanol–water partition coefficient (Wildman–Crippen LogP) is 1.63. The van der Waals surface area contributed by atoms with Crippen molar-refractivity contribution in [2.24, 2.45) is 5.92 Å². The normalized spacial score (nSPS) is 17.7. The summed E-state index contributed by atoms with van der Waals surface area (Å²) in [6, 6.07) is 0. The van der Waals surface area contributed by atoms with Crippen molar-refractivity contribution in [2.75, 3.05) is 0 Å². The summed E-state index contributed by atoms with van der Waals surface area (Å²) in [6.07, 6.45) is 3.65. The third kappa shape index (κ3) is 1.47. The van der Waals surface area contributed by atoms with Crippen molar-refractivity contribution in [3.8, 4) is 0 Å². The van der Waals surface area contributed by atoms with Crippen LogP contribution in [0.2, 0.25) is 0 Å². The topological polar surface area (TPSA) is 38.9 Å². The molecule has 0 aliphatic heterocycles. The van der Waals surface area contributed by atoms with Gasteiger partial charge in [-0.2, -0.15) is 0 Å². The Morgan fingerprint density at radius 1 is 1.50 bits per heavy atom. The number of aromatic nitrogens is 2. The maximum Gasteiger partial charge on any atom is 0.278 e. The Morgan fingerprint density at radius 2 is 2.30 bits per heavy atom. The van der Waals surface area contributed by atoms with Crippen LogP contribution in [0.25, 0.3) is 0 Å². The highest BCUT2D eigenvalue weighted by Gasteiger charge is 2.23. The van der Waals surface area contributed by atoms with Crippen molar-refractivity contribution < 1.29 is 4.42 Å². The smallest absolute Gasteiger partial charge is 0.278 e. The molecule has 3 nitrogen and oxygen atoms in total. The lowest BCUT2D eigenvalue weighted by molar-refractivity contribution is 0.459. The van der Waals surface area contributed by atoms with Crippen LogP contribution in [0.1, 0.15) is 18.7 Å². The summed E-state index contributed by atoms with van der Waals surface area (Å²) in [7, 11) is 0. The number of hydrogen-bond donors (Lipinski definition) is 0. The average molecular weight is 250 g/mol. The standard InChI is InChI=1S/C6H7IN2O/c7-6-9-8-5(10-6)3-4-1-2-4/h4H,1-3H2. The number of rotatable bonds is 2. The van der Waals surface area contributed by atoms with E-state index in [1.165, 1.54) is 12.8 Å². The van der Waals surface area contributed by atoms with Crippen LogP contribution >= 0.6 is 22.6 Å². The Morgan fingerprint density at radius 3 is 2.80 bits per heavy atom. The van der Waals surface area contributed by atoms with Gasteiger partial charge in [-0.1, -0.05) is 0 Å². The molecule has 0 unspecified atom stereocenters. The van der Waals surface area contributed by atoms with E-state index in [1.54, 1.807) is 0 Å². The molecule has 0 atom stereocenters. The van der Waals surface area contributed by atoms with Gasteiger partial charge in [0.25, 0.3) is 3.90 Å². The van der Waals surface area contributed by atoms with Gasteiger partial charge in [0.05, 0.1) is 0 Å². The quantitative estimate of drug-likeness (QED) is 0.749. The predicted molar refractivity (Wildman–Crippen MR) is 43.4 cm³/mol. The van der Waals surface area contributed by atoms with E-state index in [0.717, 1.165) is 18.2 Å². The molecule has 1 aromatic rings. The van der Waals surface area contributed by atoms with Crippen molar-refractivity contribution in [2.45, 2.75) is 19.3 Å². The molecule has 10 heavy (non-hydrogen) atoms. The first kappa shape index (κ1) is 6.57. The molecule has 2 rings (SSSR count). The molecule has 1 aromatic heterocycles. The van der Waals surface area contributed by atoms with E-state index in [-0.39, 0.29) is 0 Å². The molecule has 4 heteroatoms. The lowest BCUT2D eigenvalue weighted by atomic mass is 10.3. The fourth-order valence-corrected chi connectivity index (χ4v) is 1.25. The van der Waals surface area contributed by atoms with E-state index in [1.807, 2.05) is 22.6 Å². The van der Waals surface area contributed by atoms with Crippen LogP contribution in [0.15, 0.2) is 4.42 Å². The van der Waals surface area contributed by atoms with Crippen LogP contribution in [0.4, 0.5) is 0 Å². The molecule has 0 aromatic carbocycles. The minimum absolute atomic E-state index is 0.647. The summed E-state index contributed by atoms with van der Waals surface area (Å²) in [5.41, 5.74) is 0. The van der Waals surface area contributed by atoms with Crippen molar-refractivity contribution in [3.05, 3.63) is 9.79 Å². The molecular weight excluding hydrogens is 243 g/mol. The summed E-state index contributed by atoms with van der Waals surface area (Å²) < 4.78 is 5.85. The van der Waals surface area contributed by atoms with Gasteiger partial charge in [-0.3, -0.25) is 0 Å². The Hall–Kier alpha value is -0.130. The molecule has 1 aliphatic rings. The molecule has 0 amide bonds. The monoisotopic (exact) mass is 250 g/mol. The Kier molecular flexibility index (Phi) is 1.63. The molecule has 1 aliphatic carbocycles. The van der Waals surface area contributed by atoms with Gasteiger partial charge in [0.2, 0.25) is 5.89 Å². The summed E-state index contributed by atoms with van der Waals surface area (Å²) in [4.78, 5) is 0. The van der Waals surface area contributed by atoms with Crippen LogP contribution in [0.5, 0.6) is 0 Å². The van der Waals surface area contributed by atoms with Crippen molar-refractivity contribution in [3.63, 3.8) is 0 Å². The minimum atomic E-state index is 0.647. The molecule has 1 fully saturated rings. The zero-order valence-corrected chi connectivity index (χ0v) is 7.54. The zero-order valence-electron chi connectivity index (χ0n) is 5.38. The van der Waals surface area contributed by atoms with Gasteiger partial charge in [-0.05, 0) is 18.8 Å². The van der Waals surface area contributed by atoms with Crippen LogP contribution in [0.3, 0.4) is 0 Å². The molecule has 0 saturated heterocycles. The lowest BCUT2D eigenvalue weighted by Crippen LogP contribution is -1.85. The maximum absolute atomic E-state index is 5.20. The van der Waals surface area contributed by atoms with Gasteiger partial charge in [0.15, 0.2) is 0 Å². The second-order valence-corrected chi connectivity index (χ2v) is 3.52. The molecule has 54 valence electrons. The fraction of sp³-hybridized carbons (Fsp3) is 0.667. The Bertz CT molecular complexity index is 231.